The Bertz CT molecular complexity index is 643. The highest BCUT2D eigenvalue weighted by Crippen LogP contribution is 2.15. The third-order valence-electron chi connectivity index (χ3n) is 2.25. The average molecular weight is 216 g/mol. The lowest BCUT2D eigenvalue weighted by Gasteiger charge is -2.01. The highest BCUT2D eigenvalue weighted by molar-refractivity contribution is 6.01. The van der Waals surface area contributed by atoms with E-state index in [0.29, 0.717) is 10.8 Å². The number of hydrogen-bond acceptors (Lipinski definition) is 3. The van der Waals surface area contributed by atoms with Crippen molar-refractivity contribution in [2.45, 2.75) is 0 Å². The maximum atomic E-state index is 11.4. The van der Waals surface area contributed by atoms with E-state index in [1.165, 1.54) is 0 Å². The lowest BCUT2D eigenvalue weighted by Crippen LogP contribution is -2.14. The predicted molar refractivity (Wildman–Crippen MR) is 59.4 cm³/mol. The maximum absolute atomic E-state index is 11.4. The molecule has 5 heteroatoms. The molecular weight excluding hydrogens is 208 g/mol. The summed E-state index contributed by atoms with van der Waals surface area (Å²) in [5.41, 5.74) is 0.163. The molecule has 2 N–H and O–H groups in total. The van der Waals surface area contributed by atoms with E-state index in [9.17, 15) is 9.59 Å². The number of hydrogen-bond donors (Lipinski definition) is 2. The van der Waals surface area contributed by atoms with Crippen molar-refractivity contribution in [2.75, 3.05) is 0 Å². The predicted octanol–water partition coefficient (Wildman–Crippen LogP) is 1.26. The molecule has 80 valence electrons. The fourth-order valence-corrected chi connectivity index (χ4v) is 1.47. The molecule has 0 aliphatic heterocycles. The van der Waals surface area contributed by atoms with Crippen LogP contribution < -0.4 is 5.56 Å². The first-order valence-electron chi connectivity index (χ1n) is 4.51. The summed E-state index contributed by atoms with van der Waals surface area (Å²) in [6.07, 6.45) is 1.58. The summed E-state index contributed by atoms with van der Waals surface area (Å²) >= 11 is 0. The van der Waals surface area contributed by atoms with Gasteiger partial charge in [0, 0.05) is 5.39 Å². The molecule has 0 amide bonds. The first-order chi connectivity index (χ1) is 7.63. The summed E-state index contributed by atoms with van der Waals surface area (Å²) < 4.78 is 0. The van der Waals surface area contributed by atoms with Crippen LogP contribution in [0.5, 0.6) is 0 Å². The van der Waals surface area contributed by atoms with Gasteiger partial charge in [0.2, 0.25) is 0 Å². The Morgan fingerprint density at radius 1 is 1.44 bits per heavy atom. The van der Waals surface area contributed by atoms with Crippen LogP contribution in [0.2, 0.25) is 0 Å². The minimum absolute atomic E-state index is 0.168. The molecule has 1 aromatic carbocycles. The van der Waals surface area contributed by atoms with Gasteiger partial charge in [0.1, 0.15) is 0 Å². The van der Waals surface area contributed by atoms with E-state index in [1.807, 2.05) is 0 Å². The molecule has 0 saturated heterocycles. The van der Waals surface area contributed by atoms with Gasteiger partial charge in [-0.05, 0) is 17.7 Å². The molecule has 0 bridgehead atoms. The van der Waals surface area contributed by atoms with Gasteiger partial charge in [-0.1, -0.05) is 18.7 Å². The molecule has 0 spiro atoms. The Morgan fingerprint density at radius 3 is 2.81 bits per heavy atom. The SMILES string of the molecule is C=Cc1ccc2c(=O)[nH]nc(C(=O)O)c2c1. The molecule has 0 radical (unpaired) electrons. The summed E-state index contributed by atoms with van der Waals surface area (Å²) in [5, 5.41) is 15.2. The number of carboxylic acid groups (broad SMARTS) is 1. The van der Waals surface area contributed by atoms with Crippen LogP contribution in [0.15, 0.2) is 29.6 Å². The third kappa shape index (κ3) is 1.48. The van der Waals surface area contributed by atoms with E-state index in [-0.39, 0.29) is 5.69 Å². The Morgan fingerprint density at radius 2 is 2.19 bits per heavy atom. The van der Waals surface area contributed by atoms with Crippen LogP contribution in [0, 0.1) is 0 Å². The molecular formula is C11H8N2O3. The fraction of sp³-hybridized carbons (Fsp3) is 0. The first kappa shape index (κ1) is 10.1. The topological polar surface area (TPSA) is 83.0 Å². The van der Waals surface area contributed by atoms with Crippen molar-refractivity contribution in [3.05, 3.63) is 46.4 Å². The molecule has 1 aromatic heterocycles. The van der Waals surface area contributed by atoms with E-state index in [0.717, 1.165) is 5.56 Å². The van der Waals surface area contributed by atoms with Crippen molar-refractivity contribution in [2.24, 2.45) is 0 Å². The molecule has 16 heavy (non-hydrogen) atoms. The van der Waals surface area contributed by atoms with Crippen LogP contribution in [-0.4, -0.2) is 21.3 Å². The summed E-state index contributed by atoms with van der Waals surface area (Å²) in [6, 6.07) is 4.82. The summed E-state index contributed by atoms with van der Waals surface area (Å²) in [7, 11) is 0. The van der Waals surface area contributed by atoms with Gasteiger partial charge in [0.15, 0.2) is 5.69 Å². The number of aromatic carboxylic acids is 1. The summed E-state index contributed by atoms with van der Waals surface area (Å²) in [4.78, 5) is 22.3. The van der Waals surface area contributed by atoms with Crippen LogP contribution in [0.25, 0.3) is 16.8 Å². The first-order valence-corrected chi connectivity index (χ1v) is 4.51. The van der Waals surface area contributed by atoms with Crippen molar-refractivity contribution in [1.82, 2.24) is 10.2 Å². The molecule has 0 saturated carbocycles. The molecule has 0 unspecified atom stereocenters. The Kier molecular flexibility index (Phi) is 2.28. The average Bonchev–Trinajstić information content (AvgIpc) is 2.28. The van der Waals surface area contributed by atoms with Gasteiger partial charge in [0.25, 0.3) is 5.56 Å². The van der Waals surface area contributed by atoms with E-state index >= 15 is 0 Å². The van der Waals surface area contributed by atoms with Crippen LogP contribution in [0.4, 0.5) is 0 Å². The number of carboxylic acids is 1. The number of aromatic amines is 1. The molecule has 5 nitrogen and oxygen atoms in total. The van der Waals surface area contributed by atoms with Crippen molar-refractivity contribution in [1.29, 1.82) is 0 Å². The minimum atomic E-state index is -1.18. The standard InChI is InChI=1S/C11H8N2O3/c1-2-6-3-4-7-8(5-6)9(11(15)16)12-13-10(7)14/h2-5H,1H2,(H,13,14)(H,15,16). The molecule has 0 aliphatic rings. The number of nitrogens with zero attached hydrogens (tertiary/aromatic N) is 1. The van der Waals surface area contributed by atoms with Crippen molar-refractivity contribution in [3.8, 4) is 0 Å². The van der Waals surface area contributed by atoms with Gasteiger partial charge in [-0.25, -0.2) is 9.89 Å². The normalized spacial score (nSPS) is 10.2. The van der Waals surface area contributed by atoms with E-state index in [1.54, 1.807) is 24.3 Å². The van der Waals surface area contributed by atoms with Crippen LogP contribution in [0.1, 0.15) is 16.1 Å². The Hall–Kier alpha value is -2.43. The lowest BCUT2D eigenvalue weighted by atomic mass is 10.1. The monoisotopic (exact) mass is 216 g/mol. The molecule has 0 atom stereocenters. The lowest BCUT2D eigenvalue weighted by molar-refractivity contribution is 0.0691. The quantitative estimate of drug-likeness (QED) is 0.791. The Balaban J connectivity index is 2.93. The zero-order chi connectivity index (χ0) is 11.7. The van der Waals surface area contributed by atoms with Crippen molar-refractivity contribution >= 4 is 22.8 Å². The number of H-pyrrole nitrogens is 1. The highest BCUT2D eigenvalue weighted by atomic mass is 16.4. The summed E-state index contributed by atoms with van der Waals surface area (Å²) in [6.45, 7) is 3.58. The smallest absolute Gasteiger partial charge is 0.356 e. The second-order valence-corrected chi connectivity index (χ2v) is 3.22. The number of nitrogens with one attached hydrogen (secondary N) is 1. The van der Waals surface area contributed by atoms with E-state index in [2.05, 4.69) is 16.8 Å². The Labute approximate surface area is 90.0 Å². The van der Waals surface area contributed by atoms with Gasteiger partial charge in [-0.3, -0.25) is 4.79 Å². The number of rotatable bonds is 2. The third-order valence-corrected chi connectivity index (χ3v) is 2.25. The number of aromatic nitrogens is 2. The fourth-order valence-electron chi connectivity index (χ4n) is 1.47. The molecule has 2 rings (SSSR count). The largest absolute Gasteiger partial charge is 0.476 e. The van der Waals surface area contributed by atoms with Crippen molar-refractivity contribution < 1.29 is 9.90 Å². The molecule has 2 aromatic rings. The van der Waals surface area contributed by atoms with E-state index < -0.39 is 11.5 Å². The van der Waals surface area contributed by atoms with Gasteiger partial charge in [0.05, 0.1) is 5.39 Å². The second-order valence-electron chi connectivity index (χ2n) is 3.22. The highest BCUT2D eigenvalue weighted by Gasteiger charge is 2.12. The zero-order valence-corrected chi connectivity index (χ0v) is 8.23. The zero-order valence-electron chi connectivity index (χ0n) is 8.23. The van der Waals surface area contributed by atoms with Crippen LogP contribution in [0.3, 0.4) is 0 Å². The number of benzene rings is 1. The maximum Gasteiger partial charge on any atom is 0.356 e. The van der Waals surface area contributed by atoms with E-state index in [4.69, 9.17) is 5.11 Å². The van der Waals surface area contributed by atoms with Gasteiger partial charge in [-0.15, -0.1) is 0 Å². The number of carbonyl (C=O) groups is 1. The second kappa shape index (κ2) is 3.62. The molecule has 0 aliphatic carbocycles. The molecule has 0 fully saturated rings. The van der Waals surface area contributed by atoms with Crippen LogP contribution >= 0.6 is 0 Å². The molecule has 1 heterocycles. The summed E-state index contributed by atoms with van der Waals surface area (Å²) in [5.74, 6) is -1.18. The number of fused-ring (bicyclic) bond motifs is 1. The minimum Gasteiger partial charge on any atom is -0.476 e. The van der Waals surface area contributed by atoms with Crippen LogP contribution in [-0.2, 0) is 0 Å². The van der Waals surface area contributed by atoms with Gasteiger partial charge < -0.3 is 5.11 Å². The van der Waals surface area contributed by atoms with Crippen molar-refractivity contribution in [3.63, 3.8) is 0 Å². The van der Waals surface area contributed by atoms with Gasteiger partial charge in [-0.2, -0.15) is 5.10 Å². The van der Waals surface area contributed by atoms with Gasteiger partial charge >= 0.3 is 5.97 Å².